The Bertz CT molecular complexity index is 1250. The quantitative estimate of drug-likeness (QED) is 0.226. The molecule has 0 radical (unpaired) electrons. The third-order valence-electron chi connectivity index (χ3n) is 5.37. The van der Waals surface area contributed by atoms with Crippen LogP contribution in [0.2, 0.25) is 0 Å². The van der Waals surface area contributed by atoms with Gasteiger partial charge in [-0.3, -0.25) is 0 Å². The van der Waals surface area contributed by atoms with E-state index < -0.39 is 0 Å². The van der Waals surface area contributed by atoms with Crippen LogP contribution in [-0.2, 0) is 13.2 Å². The van der Waals surface area contributed by atoms with Crippen molar-refractivity contribution in [3.8, 4) is 34.0 Å². The van der Waals surface area contributed by atoms with E-state index in [0.29, 0.717) is 13.2 Å². The van der Waals surface area contributed by atoms with Crippen LogP contribution < -0.4 is 9.47 Å². The van der Waals surface area contributed by atoms with Crippen LogP contribution in [0.5, 0.6) is 11.5 Å². The first-order valence-electron chi connectivity index (χ1n) is 11.0. The van der Waals surface area contributed by atoms with Crippen LogP contribution in [0.3, 0.4) is 0 Å². The van der Waals surface area contributed by atoms with E-state index in [1.54, 1.807) is 22.7 Å². The van der Waals surface area contributed by atoms with E-state index in [1.165, 1.54) is 0 Å². The fourth-order valence-corrected chi connectivity index (χ4v) is 4.74. The summed E-state index contributed by atoms with van der Waals surface area (Å²) in [5, 5.41) is 6.30. The number of rotatable bonds is 8. The summed E-state index contributed by atoms with van der Waals surface area (Å²) < 4.78 is 11.9. The van der Waals surface area contributed by atoms with Gasteiger partial charge in [-0.15, -0.1) is 22.7 Å². The summed E-state index contributed by atoms with van der Waals surface area (Å²) in [6.45, 7) is 5.08. The van der Waals surface area contributed by atoms with Crippen molar-refractivity contribution in [2.24, 2.45) is 0 Å². The lowest BCUT2D eigenvalue weighted by atomic mass is 10.1. The second kappa shape index (κ2) is 10.2. The van der Waals surface area contributed by atoms with Crippen LogP contribution in [0, 0.1) is 13.8 Å². The molecular weight excluding hydrogens is 460 g/mol. The number of hydrogen-bond donors (Lipinski definition) is 0. The second-order valence-corrected chi connectivity index (χ2v) is 10.1. The molecule has 2 heterocycles. The number of ether oxygens (including phenoxy) is 2. The van der Waals surface area contributed by atoms with Crippen molar-refractivity contribution in [2.75, 3.05) is 0 Å². The molecule has 0 aliphatic rings. The number of benzene rings is 3. The summed E-state index contributed by atoms with van der Waals surface area (Å²) >= 11 is 3.32. The lowest BCUT2D eigenvalue weighted by molar-refractivity contribution is 0.302. The Morgan fingerprint density at radius 3 is 1.26 bits per heavy atom. The topological polar surface area (TPSA) is 44.2 Å². The summed E-state index contributed by atoms with van der Waals surface area (Å²) in [6.07, 6.45) is 0. The van der Waals surface area contributed by atoms with Gasteiger partial charge in [-0.25, -0.2) is 9.97 Å². The summed E-state index contributed by atoms with van der Waals surface area (Å²) in [5.41, 5.74) is 6.47. The molecule has 0 saturated heterocycles. The lowest BCUT2D eigenvalue weighted by Gasteiger charge is -2.09. The zero-order chi connectivity index (χ0) is 23.3. The van der Waals surface area contributed by atoms with Crippen molar-refractivity contribution in [1.29, 1.82) is 0 Å². The SMILES string of the molecule is Cc1nc(-c2ccc(OCc3ccc(COc4ccc(-c5csc(C)n5)cc4)cc3)cc2)cs1. The highest BCUT2D eigenvalue weighted by molar-refractivity contribution is 7.10. The van der Waals surface area contributed by atoms with Crippen LogP contribution >= 0.6 is 22.7 Å². The van der Waals surface area contributed by atoms with Gasteiger partial charge in [-0.2, -0.15) is 0 Å². The van der Waals surface area contributed by atoms with Crippen LogP contribution in [0.4, 0.5) is 0 Å². The Labute approximate surface area is 207 Å². The molecule has 6 heteroatoms. The molecule has 0 N–H and O–H groups in total. The fraction of sp³-hybridized carbons (Fsp3) is 0.143. The van der Waals surface area contributed by atoms with Crippen molar-refractivity contribution in [3.63, 3.8) is 0 Å². The third-order valence-corrected chi connectivity index (χ3v) is 6.92. The molecule has 5 aromatic rings. The van der Waals surface area contributed by atoms with Crippen molar-refractivity contribution in [3.05, 3.63) is 105 Å². The zero-order valence-corrected chi connectivity index (χ0v) is 20.7. The molecule has 170 valence electrons. The van der Waals surface area contributed by atoms with Gasteiger partial charge in [0.1, 0.15) is 24.7 Å². The van der Waals surface area contributed by atoms with Crippen LogP contribution in [-0.4, -0.2) is 9.97 Å². The number of nitrogens with zero attached hydrogens (tertiary/aromatic N) is 2. The maximum Gasteiger partial charge on any atom is 0.119 e. The molecule has 0 aliphatic heterocycles. The summed E-state index contributed by atoms with van der Waals surface area (Å²) in [4.78, 5) is 9.06. The Morgan fingerprint density at radius 1 is 0.559 bits per heavy atom. The standard InChI is InChI=1S/C28H24N2O2S2/c1-19-29-27(17-33-19)23-7-11-25(12-8-23)31-15-21-3-5-22(6-4-21)16-32-26-13-9-24(10-14-26)28-18-34-20(2)30-28/h3-14,17-18H,15-16H2,1-2H3. The molecule has 2 aromatic heterocycles. The van der Waals surface area contributed by atoms with E-state index in [4.69, 9.17) is 9.47 Å². The maximum absolute atomic E-state index is 5.95. The summed E-state index contributed by atoms with van der Waals surface area (Å²) in [6, 6.07) is 24.5. The second-order valence-electron chi connectivity index (χ2n) is 7.95. The summed E-state index contributed by atoms with van der Waals surface area (Å²) in [5.74, 6) is 1.69. The smallest absolute Gasteiger partial charge is 0.119 e. The predicted molar refractivity (Wildman–Crippen MR) is 140 cm³/mol. The molecule has 5 rings (SSSR count). The molecule has 0 bridgehead atoms. The van der Waals surface area contributed by atoms with Crippen LogP contribution in [0.25, 0.3) is 22.5 Å². The molecule has 3 aromatic carbocycles. The molecule has 0 unspecified atom stereocenters. The number of hydrogen-bond acceptors (Lipinski definition) is 6. The average Bonchev–Trinajstić information content (AvgIpc) is 3.51. The van der Waals surface area contributed by atoms with Crippen molar-refractivity contribution in [1.82, 2.24) is 9.97 Å². The average molecular weight is 485 g/mol. The van der Waals surface area contributed by atoms with E-state index in [-0.39, 0.29) is 0 Å². The Kier molecular flexibility index (Phi) is 6.70. The van der Waals surface area contributed by atoms with Crippen molar-refractivity contribution >= 4 is 22.7 Å². The van der Waals surface area contributed by atoms with E-state index in [9.17, 15) is 0 Å². The molecule has 4 nitrogen and oxygen atoms in total. The monoisotopic (exact) mass is 484 g/mol. The van der Waals surface area contributed by atoms with Gasteiger partial charge in [0.05, 0.1) is 21.4 Å². The Morgan fingerprint density at radius 2 is 0.941 bits per heavy atom. The molecule has 0 amide bonds. The highest BCUT2D eigenvalue weighted by Gasteiger charge is 2.05. The molecule has 0 atom stereocenters. The largest absolute Gasteiger partial charge is 0.489 e. The molecule has 34 heavy (non-hydrogen) atoms. The van der Waals surface area contributed by atoms with Crippen molar-refractivity contribution < 1.29 is 9.47 Å². The molecule has 0 aliphatic carbocycles. The first kappa shape index (κ1) is 22.3. The highest BCUT2D eigenvalue weighted by atomic mass is 32.1. The molecule has 0 spiro atoms. The first-order valence-corrected chi connectivity index (χ1v) is 12.8. The van der Waals surface area contributed by atoms with Gasteiger partial charge in [-0.05, 0) is 73.5 Å². The van der Waals surface area contributed by atoms with Gasteiger partial charge in [0.2, 0.25) is 0 Å². The van der Waals surface area contributed by atoms with Gasteiger partial charge in [0.25, 0.3) is 0 Å². The number of aryl methyl sites for hydroxylation is 2. The van der Waals surface area contributed by atoms with E-state index in [2.05, 4.69) is 69.3 Å². The molecule has 0 saturated carbocycles. The van der Waals surface area contributed by atoms with Gasteiger partial charge < -0.3 is 9.47 Å². The fourth-order valence-electron chi connectivity index (χ4n) is 3.50. The van der Waals surface area contributed by atoms with E-state index >= 15 is 0 Å². The van der Waals surface area contributed by atoms with Gasteiger partial charge in [-0.1, -0.05) is 24.3 Å². The third kappa shape index (κ3) is 5.53. The minimum absolute atomic E-state index is 0.522. The molecular formula is C28H24N2O2S2. The minimum Gasteiger partial charge on any atom is -0.489 e. The maximum atomic E-state index is 5.95. The number of aromatic nitrogens is 2. The first-order chi connectivity index (χ1) is 16.6. The van der Waals surface area contributed by atoms with Crippen molar-refractivity contribution in [2.45, 2.75) is 27.1 Å². The van der Waals surface area contributed by atoms with Crippen LogP contribution in [0.15, 0.2) is 83.6 Å². The van der Waals surface area contributed by atoms with Crippen LogP contribution in [0.1, 0.15) is 21.1 Å². The summed E-state index contributed by atoms with van der Waals surface area (Å²) in [7, 11) is 0. The minimum atomic E-state index is 0.522. The highest BCUT2D eigenvalue weighted by Crippen LogP contribution is 2.25. The van der Waals surface area contributed by atoms with Gasteiger partial charge in [0.15, 0.2) is 0 Å². The predicted octanol–water partition coefficient (Wildman–Crippen LogP) is 7.71. The Hall–Kier alpha value is -3.48. The Balaban J connectivity index is 1.11. The van der Waals surface area contributed by atoms with Gasteiger partial charge >= 0.3 is 0 Å². The van der Waals surface area contributed by atoms with E-state index in [1.807, 2.05) is 38.1 Å². The lowest BCUT2D eigenvalue weighted by Crippen LogP contribution is -1.98. The van der Waals surface area contributed by atoms with Gasteiger partial charge in [0, 0.05) is 21.9 Å². The van der Waals surface area contributed by atoms with E-state index in [0.717, 1.165) is 55.2 Å². The number of thiazole rings is 2. The molecule has 0 fully saturated rings. The normalized spacial score (nSPS) is 10.9. The zero-order valence-electron chi connectivity index (χ0n) is 19.0.